The second-order valence-corrected chi connectivity index (χ2v) is 25.8. The molecule has 0 radical (unpaired) electrons. The maximum absolute atomic E-state index is 7.03. The number of anilines is 6. The lowest BCUT2D eigenvalue weighted by molar-refractivity contribution is 0.668. The topological polar surface area (TPSA) is 32.8 Å². The molecule has 0 spiro atoms. The number of furan rings is 2. The van der Waals surface area contributed by atoms with Crippen LogP contribution in [0.4, 0.5) is 34.1 Å². The summed E-state index contributed by atoms with van der Waals surface area (Å²) in [4.78, 5) is 4.89. The second-order valence-electron chi connectivity index (χ2n) is 25.8. The first-order valence-corrected chi connectivity index (χ1v) is 33.7. The average Bonchev–Trinajstić information content (AvgIpc) is 0.691. The number of rotatable bonds is 12. The SMILES string of the molecule is Cc1ccc(-c2ccccc2)cc1N(c1ccc2c(-c3ccccc3)c3c(c(-c4ccccc4)c2c1)-c1c-3c(-c2ccccc2)c2ccc(N(c3cc(-c4ccccc4)ccc3C)c3cccc4c3oc3ccccc34)cc2c1-c1ccccc1)c1cccc2c1oc1ccccc12. The van der Waals surface area contributed by atoms with Gasteiger partial charge in [-0.3, -0.25) is 0 Å². The highest BCUT2D eigenvalue weighted by Crippen LogP contribution is 2.66. The van der Waals surface area contributed by atoms with E-state index >= 15 is 0 Å². The molecule has 0 unspecified atom stereocenters. The lowest BCUT2D eigenvalue weighted by Gasteiger charge is -2.38. The van der Waals surface area contributed by atoms with E-state index in [0.717, 1.165) is 144 Å². The van der Waals surface area contributed by atoms with Crippen molar-refractivity contribution in [2.75, 3.05) is 9.80 Å². The molecule has 98 heavy (non-hydrogen) atoms. The van der Waals surface area contributed by atoms with Gasteiger partial charge in [0, 0.05) is 44.3 Å². The Balaban J connectivity index is 0.940. The summed E-state index contributed by atoms with van der Waals surface area (Å²) in [5.74, 6) is 0. The van der Waals surface area contributed by atoms with E-state index in [9.17, 15) is 0 Å². The quantitative estimate of drug-likeness (QED) is 0.122. The zero-order valence-electron chi connectivity index (χ0n) is 54.0. The largest absolute Gasteiger partial charge is 0.454 e. The minimum Gasteiger partial charge on any atom is -0.454 e. The number of hydrogen-bond acceptors (Lipinski definition) is 4. The van der Waals surface area contributed by atoms with Gasteiger partial charge in [-0.25, -0.2) is 0 Å². The monoisotopic (exact) mass is 1250 g/mol. The van der Waals surface area contributed by atoms with Crippen molar-refractivity contribution in [3.63, 3.8) is 0 Å². The maximum atomic E-state index is 7.03. The van der Waals surface area contributed by atoms with E-state index in [1.165, 1.54) is 55.3 Å². The van der Waals surface area contributed by atoms with Crippen LogP contribution in [0.5, 0.6) is 0 Å². The lowest BCUT2D eigenvalue weighted by Crippen LogP contribution is -2.13. The number of nitrogens with zero attached hydrogens (tertiary/aromatic N) is 2. The van der Waals surface area contributed by atoms with E-state index in [0.29, 0.717) is 0 Å². The molecule has 4 nitrogen and oxygen atoms in total. The predicted octanol–water partition coefficient (Wildman–Crippen LogP) is 27.0. The zero-order chi connectivity index (χ0) is 65.0. The van der Waals surface area contributed by atoms with Crippen molar-refractivity contribution < 1.29 is 8.83 Å². The Kier molecular flexibility index (Phi) is 13.3. The van der Waals surface area contributed by atoms with Crippen LogP contribution < -0.4 is 9.80 Å². The summed E-state index contributed by atoms with van der Waals surface area (Å²) in [5.41, 5.74) is 30.5. The molecule has 1 aliphatic carbocycles. The molecular weight excluding hydrogens is 1190 g/mol. The van der Waals surface area contributed by atoms with Gasteiger partial charge in [0.15, 0.2) is 11.2 Å². The first-order valence-electron chi connectivity index (χ1n) is 33.7. The first-order chi connectivity index (χ1) is 48.5. The summed E-state index contributed by atoms with van der Waals surface area (Å²) in [5, 5.41) is 8.92. The maximum Gasteiger partial charge on any atom is 0.159 e. The molecule has 2 heterocycles. The summed E-state index contributed by atoms with van der Waals surface area (Å²) >= 11 is 0. The van der Waals surface area contributed by atoms with Gasteiger partial charge >= 0.3 is 0 Å². The Morgan fingerprint density at radius 1 is 0.194 bits per heavy atom. The molecule has 0 fully saturated rings. The third-order valence-electron chi connectivity index (χ3n) is 20.2. The van der Waals surface area contributed by atoms with Gasteiger partial charge < -0.3 is 18.6 Å². The van der Waals surface area contributed by atoms with Gasteiger partial charge in [0.2, 0.25) is 0 Å². The molecule has 0 N–H and O–H groups in total. The van der Waals surface area contributed by atoms with Crippen molar-refractivity contribution in [3.05, 3.63) is 351 Å². The fraction of sp³-hybridized carbons (Fsp3) is 0.0213. The standard InChI is InChI=1S/C94H62N2O2/c1-59-47-49-67(61-27-9-3-10-28-61)55-81(59)95(79-43-25-41-75-71-39-21-23-45-83(71)97-93(75)79)69-51-53-73-77(57-69)87(65-35-17-7-18-36-65)91-89(85(73)63-31-13-5-14-32-63)90-86(64-33-15-6-16-34-64)74-54-52-70(58-78(74)88(92(90)91)66-37-19-8-20-38-66)96(82-56-68(50-48-60(82)2)62-29-11-4-12-30-62)80-44-26-42-76-72-40-22-24-46-84(72)98-94(76)80/h3-58H,1-2H3. The van der Waals surface area contributed by atoms with Crippen molar-refractivity contribution in [1.29, 1.82) is 0 Å². The van der Waals surface area contributed by atoms with E-state index in [1.807, 2.05) is 0 Å². The van der Waals surface area contributed by atoms with Gasteiger partial charge in [0.25, 0.3) is 0 Å². The van der Waals surface area contributed by atoms with E-state index in [1.54, 1.807) is 0 Å². The Morgan fingerprint density at radius 2 is 0.500 bits per heavy atom. The van der Waals surface area contributed by atoms with Crippen LogP contribution in [0.25, 0.3) is 154 Å². The van der Waals surface area contributed by atoms with E-state index in [2.05, 4.69) is 363 Å². The van der Waals surface area contributed by atoms with Crippen LogP contribution in [-0.2, 0) is 0 Å². The molecular formula is C94H62N2O2. The van der Waals surface area contributed by atoms with Gasteiger partial charge in [-0.05, 0) is 196 Å². The normalized spacial score (nSPS) is 11.8. The molecule has 0 aliphatic heterocycles. The number of benzene rings is 16. The Morgan fingerprint density at radius 3 is 0.857 bits per heavy atom. The molecule has 18 aromatic rings. The molecule has 0 atom stereocenters. The van der Waals surface area contributed by atoms with E-state index < -0.39 is 0 Å². The third-order valence-corrected chi connectivity index (χ3v) is 20.2. The van der Waals surface area contributed by atoms with Gasteiger partial charge in [0.1, 0.15) is 11.2 Å². The minimum atomic E-state index is 0.830. The Labute approximate surface area is 568 Å². The summed E-state index contributed by atoms with van der Waals surface area (Å²) in [6.07, 6.45) is 0. The molecule has 19 rings (SSSR count). The molecule has 0 saturated carbocycles. The zero-order valence-corrected chi connectivity index (χ0v) is 54.0. The smallest absolute Gasteiger partial charge is 0.159 e. The average molecular weight is 1250 g/mol. The summed E-state index contributed by atoms with van der Waals surface area (Å²) in [7, 11) is 0. The van der Waals surface area contributed by atoms with E-state index in [-0.39, 0.29) is 0 Å². The molecule has 2 aromatic heterocycles. The molecule has 0 amide bonds. The number of hydrogen-bond donors (Lipinski definition) is 0. The van der Waals surface area contributed by atoms with E-state index in [4.69, 9.17) is 8.83 Å². The van der Waals surface area contributed by atoms with Crippen molar-refractivity contribution in [2.45, 2.75) is 13.8 Å². The van der Waals surface area contributed by atoms with Gasteiger partial charge in [-0.2, -0.15) is 0 Å². The van der Waals surface area contributed by atoms with Crippen molar-refractivity contribution in [1.82, 2.24) is 0 Å². The van der Waals surface area contributed by atoms with Crippen LogP contribution >= 0.6 is 0 Å². The summed E-state index contributed by atoms with van der Waals surface area (Å²) in [6.45, 7) is 4.46. The van der Waals surface area contributed by atoms with Crippen molar-refractivity contribution >= 4 is 99.5 Å². The molecule has 0 saturated heterocycles. The predicted molar refractivity (Wildman–Crippen MR) is 412 cm³/mol. The summed E-state index contributed by atoms with van der Waals surface area (Å²) < 4.78 is 14.1. The second kappa shape index (κ2) is 23.0. The Hall–Kier alpha value is -12.8. The Bertz CT molecular complexity index is 5800. The highest BCUT2D eigenvalue weighted by molar-refractivity contribution is 6.33. The fourth-order valence-corrected chi connectivity index (χ4v) is 15.7. The van der Waals surface area contributed by atoms with Crippen LogP contribution in [0, 0.1) is 13.8 Å². The van der Waals surface area contributed by atoms with Crippen LogP contribution in [0.1, 0.15) is 11.1 Å². The van der Waals surface area contributed by atoms with Crippen molar-refractivity contribution in [3.8, 4) is 89.0 Å². The van der Waals surface area contributed by atoms with Crippen LogP contribution in [0.2, 0.25) is 0 Å². The molecule has 4 heteroatoms. The van der Waals surface area contributed by atoms with Crippen LogP contribution in [0.15, 0.2) is 349 Å². The van der Waals surface area contributed by atoms with Crippen LogP contribution in [0.3, 0.4) is 0 Å². The summed E-state index contributed by atoms with van der Waals surface area (Å²) in [6, 6.07) is 124. The van der Waals surface area contributed by atoms with Crippen molar-refractivity contribution in [2.24, 2.45) is 0 Å². The highest BCUT2D eigenvalue weighted by Gasteiger charge is 2.39. The molecule has 1 aliphatic rings. The van der Waals surface area contributed by atoms with Gasteiger partial charge in [-0.15, -0.1) is 0 Å². The number of fused-ring (bicyclic) bond motifs is 12. The fourth-order valence-electron chi connectivity index (χ4n) is 15.7. The number of para-hydroxylation sites is 4. The molecule has 16 aromatic carbocycles. The number of aryl methyl sites for hydroxylation is 2. The molecule has 460 valence electrons. The molecule has 0 bridgehead atoms. The minimum absolute atomic E-state index is 0.830. The lowest BCUT2D eigenvalue weighted by atomic mass is 9.65. The highest BCUT2D eigenvalue weighted by atomic mass is 16.3. The van der Waals surface area contributed by atoms with Gasteiger partial charge in [-0.1, -0.05) is 279 Å². The van der Waals surface area contributed by atoms with Gasteiger partial charge in [0.05, 0.1) is 11.4 Å². The first kappa shape index (κ1) is 56.8. The van der Waals surface area contributed by atoms with Crippen LogP contribution in [-0.4, -0.2) is 0 Å². The third kappa shape index (κ3) is 9.06.